The molecule has 88 valence electrons. The molecular weight excluding hydrogens is 200 g/mol. The number of hydrogen-bond acceptors (Lipinski definition) is 3. The van der Waals surface area contributed by atoms with Crippen LogP contribution in [0, 0.1) is 5.92 Å². The van der Waals surface area contributed by atoms with Crippen LogP contribution < -0.4 is 4.90 Å². The molecule has 1 N–H and O–H groups in total. The summed E-state index contributed by atoms with van der Waals surface area (Å²) in [5, 5.41) is 8.96. The van der Waals surface area contributed by atoms with Crippen LogP contribution in [0.1, 0.15) is 31.7 Å². The minimum atomic E-state index is 0.0715. The molecule has 0 aromatic carbocycles. The van der Waals surface area contributed by atoms with E-state index in [-0.39, 0.29) is 6.61 Å². The number of anilines is 1. The number of rotatable bonds is 5. The van der Waals surface area contributed by atoms with Crippen molar-refractivity contribution in [1.29, 1.82) is 0 Å². The molecular formula is C13H20N2O. The van der Waals surface area contributed by atoms with Crippen molar-refractivity contribution in [3.05, 3.63) is 23.9 Å². The highest BCUT2D eigenvalue weighted by Gasteiger charge is 2.20. The first-order valence-electron chi connectivity index (χ1n) is 6.14. The van der Waals surface area contributed by atoms with Crippen LogP contribution in [0.3, 0.4) is 0 Å². The fraction of sp³-hybridized carbons (Fsp3) is 0.615. The van der Waals surface area contributed by atoms with Crippen LogP contribution in [-0.2, 0) is 6.61 Å². The molecule has 1 aliphatic rings. The summed E-state index contributed by atoms with van der Waals surface area (Å²) in [6.07, 6.45) is 5.88. The van der Waals surface area contributed by atoms with Gasteiger partial charge in [0, 0.05) is 19.3 Å². The van der Waals surface area contributed by atoms with Crippen LogP contribution in [0.5, 0.6) is 0 Å². The molecule has 2 rings (SSSR count). The highest BCUT2D eigenvalue weighted by molar-refractivity contribution is 5.39. The maximum absolute atomic E-state index is 8.96. The van der Waals surface area contributed by atoms with Crippen molar-refractivity contribution in [2.24, 2.45) is 5.92 Å². The van der Waals surface area contributed by atoms with Crippen LogP contribution >= 0.6 is 0 Å². The van der Waals surface area contributed by atoms with E-state index in [1.165, 1.54) is 19.3 Å². The number of nitrogens with zero attached hydrogens (tertiary/aromatic N) is 2. The van der Waals surface area contributed by atoms with E-state index in [4.69, 9.17) is 5.11 Å². The van der Waals surface area contributed by atoms with E-state index in [0.717, 1.165) is 30.4 Å². The Kier molecular flexibility index (Phi) is 3.78. The third-order valence-electron chi connectivity index (χ3n) is 3.40. The van der Waals surface area contributed by atoms with E-state index in [0.29, 0.717) is 0 Å². The van der Waals surface area contributed by atoms with Gasteiger partial charge in [0.2, 0.25) is 0 Å². The Morgan fingerprint density at radius 2 is 2.25 bits per heavy atom. The summed E-state index contributed by atoms with van der Waals surface area (Å²) in [4.78, 5) is 6.72. The Morgan fingerprint density at radius 1 is 1.44 bits per heavy atom. The van der Waals surface area contributed by atoms with Crippen molar-refractivity contribution in [2.45, 2.75) is 32.8 Å². The average molecular weight is 220 g/mol. The Hall–Kier alpha value is -1.09. The molecule has 0 saturated heterocycles. The lowest BCUT2D eigenvalue weighted by Gasteiger charge is -2.32. The SMILES string of the molecule is CCN(CC1CCC1)c1ccc(CO)cn1. The monoisotopic (exact) mass is 220 g/mol. The molecule has 1 fully saturated rings. The second-order valence-corrected chi connectivity index (χ2v) is 4.52. The van der Waals surface area contributed by atoms with E-state index >= 15 is 0 Å². The number of aliphatic hydroxyl groups is 1. The van der Waals surface area contributed by atoms with Gasteiger partial charge in [0.15, 0.2) is 0 Å². The highest BCUT2D eigenvalue weighted by Crippen LogP contribution is 2.28. The van der Waals surface area contributed by atoms with Gasteiger partial charge in [0.1, 0.15) is 5.82 Å². The van der Waals surface area contributed by atoms with Crippen LogP contribution in [-0.4, -0.2) is 23.2 Å². The molecule has 1 heterocycles. The fourth-order valence-corrected chi connectivity index (χ4v) is 2.07. The third-order valence-corrected chi connectivity index (χ3v) is 3.40. The fourth-order valence-electron chi connectivity index (χ4n) is 2.07. The van der Waals surface area contributed by atoms with E-state index in [1.54, 1.807) is 6.20 Å². The summed E-state index contributed by atoms with van der Waals surface area (Å²) < 4.78 is 0. The van der Waals surface area contributed by atoms with Gasteiger partial charge in [-0.3, -0.25) is 0 Å². The highest BCUT2D eigenvalue weighted by atomic mass is 16.3. The normalized spacial score (nSPS) is 15.9. The second-order valence-electron chi connectivity index (χ2n) is 4.52. The summed E-state index contributed by atoms with van der Waals surface area (Å²) in [6, 6.07) is 3.96. The first-order valence-corrected chi connectivity index (χ1v) is 6.14. The Bertz CT molecular complexity index is 319. The van der Waals surface area contributed by atoms with Gasteiger partial charge in [0.05, 0.1) is 6.61 Å². The summed E-state index contributed by atoms with van der Waals surface area (Å²) in [7, 11) is 0. The quantitative estimate of drug-likeness (QED) is 0.826. The molecule has 1 saturated carbocycles. The number of pyridine rings is 1. The zero-order chi connectivity index (χ0) is 11.4. The number of aliphatic hydroxyl groups excluding tert-OH is 1. The molecule has 3 nitrogen and oxygen atoms in total. The van der Waals surface area contributed by atoms with Gasteiger partial charge in [-0.05, 0) is 37.3 Å². The maximum Gasteiger partial charge on any atom is 0.128 e. The average Bonchev–Trinajstić information content (AvgIpc) is 2.28. The minimum Gasteiger partial charge on any atom is -0.392 e. The lowest BCUT2D eigenvalue weighted by Crippen LogP contribution is -2.32. The van der Waals surface area contributed by atoms with Crippen molar-refractivity contribution < 1.29 is 5.11 Å². The first kappa shape index (κ1) is 11.4. The van der Waals surface area contributed by atoms with Gasteiger partial charge in [-0.2, -0.15) is 0 Å². The molecule has 0 unspecified atom stereocenters. The van der Waals surface area contributed by atoms with E-state index in [1.807, 2.05) is 12.1 Å². The van der Waals surface area contributed by atoms with Crippen molar-refractivity contribution >= 4 is 5.82 Å². The van der Waals surface area contributed by atoms with E-state index in [9.17, 15) is 0 Å². The van der Waals surface area contributed by atoms with Crippen molar-refractivity contribution in [2.75, 3.05) is 18.0 Å². The van der Waals surface area contributed by atoms with Gasteiger partial charge < -0.3 is 10.0 Å². The third kappa shape index (κ3) is 2.53. The number of hydrogen-bond donors (Lipinski definition) is 1. The Morgan fingerprint density at radius 3 is 2.69 bits per heavy atom. The topological polar surface area (TPSA) is 36.4 Å². The van der Waals surface area contributed by atoms with Gasteiger partial charge >= 0.3 is 0 Å². The van der Waals surface area contributed by atoms with Crippen LogP contribution in [0.25, 0.3) is 0 Å². The Balaban J connectivity index is 2.00. The van der Waals surface area contributed by atoms with Gasteiger partial charge in [0.25, 0.3) is 0 Å². The molecule has 0 atom stereocenters. The smallest absolute Gasteiger partial charge is 0.128 e. The lowest BCUT2D eigenvalue weighted by atomic mass is 9.85. The predicted octanol–water partition coefficient (Wildman–Crippen LogP) is 2.20. The van der Waals surface area contributed by atoms with E-state index < -0.39 is 0 Å². The van der Waals surface area contributed by atoms with Crippen LogP contribution in [0.15, 0.2) is 18.3 Å². The molecule has 1 aliphatic carbocycles. The summed E-state index contributed by atoms with van der Waals surface area (Å²) in [5.41, 5.74) is 0.878. The molecule has 16 heavy (non-hydrogen) atoms. The summed E-state index contributed by atoms with van der Waals surface area (Å²) in [5.74, 6) is 1.89. The largest absolute Gasteiger partial charge is 0.392 e. The summed E-state index contributed by atoms with van der Waals surface area (Å²) >= 11 is 0. The summed E-state index contributed by atoms with van der Waals surface area (Å²) in [6.45, 7) is 4.37. The first-order chi connectivity index (χ1) is 7.83. The Labute approximate surface area is 97.1 Å². The zero-order valence-electron chi connectivity index (χ0n) is 9.89. The predicted molar refractivity (Wildman–Crippen MR) is 65.4 cm³/mol. The van der Waals surface area contributed by atoms with Crippen molar-refractivity contribution in [3.8, 4) is 0 Å². The van der Waals surface area contributed by atoms with Crippen molar-refractivity contribution in [3.63, 3.8) is 0 Å². The second kappa shape index (κ2) is 5.30. The van der Waals surface area contributed by atoms with E-state index in [2.05, 4.69) is 16.8 Å². The lowest BCUT2D eigenvalue weighted by molar-refractivity contribution is 0.281. The van der Waals surface area contributed by atoms with Crippen LogP contribution in [0.2, 0.25) is 0 Å². The minimum absolute atomic E-state index is 0.0715. The molecule has 1 aromatic heterocycles. The van der Waals surface area contributed by atoms with Gasteiger partial charge in [-0.25, -0.2) is 4.98 Å². The molecule has 0 spiro atoms. The zero-order valence-corrected chi connectivity index (χ0v) is 9.89. The maximum atomic E-state index is 8.96. The van der Waals surface area contributed by atoms with Crippen molar-refractivity contribution in [1.82, 2.24) is 4.98 Å². The molecule has 0 aliphatic heterocycles. The molecule has 0 amide bonds. The van der Waals surface area contributed by atoms with Gasteiger partial charge in [-0.1, -0.05) is 12.5 Å². The molecule has 0 bridgehead atoms. The van der Waals surface area contributed by atoms with Crippen LogP contribution in [0.4, 0.5) is 5.82 Å². The number of aromatic nitrogens is 1. The molecule has 0 radical (unpaired) electrons. The molecule has 1 aromatic rings. The van der Waals surface area contributed by atoms with Gasteiger partial charge in [-0.15, -0.1) is 0 Å². The molecule has 3 heteroatoms. The standard InChI is InChI=1S/C13H20N2O/c1-2-15(9-11-4-3-5-11)13-7-6-12(10-16)8-14-13/h6-8,11,16H,2-5,9-10H2,1H3.